The molecule has 10 heavy (non-hydrogen) atoms. The Kier molecular flexibility index (Phi) is 4.42. The molecule has 0 amide bonds. The number of rotatable bonds is 3. The maximum absolute atomic E-state index is 2.27. The quantitative estimate of drug-likeness (QED) is 0.523. The van der Waals surface area contributed by atoms with E-state index in [1.165, 1.54) is 12.8 Å². The normalized spacial score (nSPS) is 13.8. The summed E-state index contributed by atoms with van der Waals surface area (Å²) in [5, 5.41) is 0. The third-order valence-corrected chi connectivity index (χ3v) is 1.97. The molecule has 0 aromatic rings. The molecule has 0 rings (SSSR count). The Labute approximate surface area is 65.3 Å². The van der Waals surface area contributed by atoms with Crippen molar-refractivity contribution in [1.29, 1.82) is 0 Å². The minimum Gasteiger partial charge on any atom is -0.0747 e. The largest absolute Gasteiger partial charge is 0.0747 e. The fourth-order valence-corrected chi connectivity index (χ4v) is 1.09. The first-order valence-electron chi connectivity index (χ1n) is 4.23. The maximum Gasteiger partial charge on any atom is -0.0297 e. The molecule has 0 nitrogen and oxygen atoms in total. The topological polar surface area (TPSA) is 0 Å². The number of allylic oxidation sites excluding steroid dienone is 2. The third kappa shape index (κ3) is 3.71. The van der Waals surface area contributed by atoms with Gasteiger partial charge < -0.3 is 0 Å². The van der Waals surface area contributed by atoms with Crippen molar-refractivity contribution in [2.24, 2.45) is 5.92 Å². The van der Waals surface area contributed by atoms with Gasteiger partial charge in [0.1, 0.15) is 0 Å². The van der Waals surface area contributed by atoms with Crippen molar-refractivity contribution in [2.75, 3.05) is 0 Å². The Morgan fingerprint density at radius 2 is 1.60 bits per heavy atom. The van der Waals surface area contributed by atoms with Gasteiger partial charge in [0.25, 0.3) is 0 Å². The molecule has 0 aliphatic heterocycles. The van der Waals surface area contributed by atoms with E-state index in [1.54, 1.807) is 11.1 Å². The van der Waals surface area contributed by atoms with Crippen LogP contribution in [0.3, 0.4) is 0 Å². The van der Waals surface area contributed by atoms with Crippen LogP contribution in [-0.4, -0.2) is 0 Å². The summed E-state index contributed by atoms with van der Waals surface area (Å²) in [7, 11) is 0. The van der Waals surface area contributed by atoms with E-state index in [9.17, 15) is 0 Å². The molecular weight excluding hydrogens is 120 g/mol. The van der Waals surface area contributed by atoms with Gasteiger partial charge in [-0.05, 0) is 32.6 Å². The molecule has 0 saturated heterocycles. The summed E-state index contributed by atoms with van der Waals surface area (Å²) in [6.07, 6.45) is 2.47. The maximum atomic E-state index is 2.27. The molecule has 0 atom stereocenters. The van der Waals surface area contributed by atoms with Crippen molar-refractivity contribution in [1.82, 2.24) is 0 Å². The van der Waals surface area contributed by atoms with E-state index in [-0.39, 0.29) is 0 Å². The monoisotopic (exact) mass is 140 g/mol. The average molecular weight is 140 g/mol. The van der Waals surface area contributed by atoms with E-state index < -0.39 is 0 Å². The lowest BCUT2D eigenvalue weighted by Gasteiger charge is -2.07. The van der Waals surface area contributed by atoms with Crippen LogP contribution in [0.4, 0.5) is 0 Å². The van der Waals surface area contributed by atoms with E-state index in [1.807, 2.05) is 0 Å². The van der Waals surface area contributed by atoms with Gasteiger partial charge in [-0.3, -0.25) is 0 Å². The van der Waals surface area contributed by atoms with Crippen LogP contribution in [0.1, 0.15) is 47.5 Å². The Balaban J connectivity index is 3.92. The molecule has 0 aromatic heterocycles. The second-order valence-electron chi connectivity index (χ2n) is 3.51. The molecule has 0 unspecified atom stereocenters. The van der Waals surface area contributed by atoms with Crippen LogP contribution in [-0.2, 0) is 0 Å². The van der Waals surface area contributed by atoms with E-state index in [4.69, 9.17) is 0 Å². The van der Waals surface area contributed by atoms with Crippen LogP contribution in [0, 0.1) is 5.92 Å². The van der Waals surface area contributed by atoms with E-state index >= 15 is 0 Å². The Morgan fingerprint density at radius 1 is 1.10 bits per heavy atom. The minimum atomic E-state index is 0.807. The molecule has 0 heterocycles. The molecule has 0 bridgehead atoms. The Bertz CT molecular complexity index is 118. The molecule has 0 fully saturated rings. The standard InChI is InChI=1S/C10H20/c1-6-9(4)10(5)7-8(2)3/h8H,6-7H2,1-5H3/b10-9-. The lowest BCUT2D eigenvalue weighted by Crippen LogP contribution is -1.90. The van der Waals surface area contributed by atoms with E-state index in [0.717, 1.165) is 5.92 Å². The molecule has 0 N–H and O–H groups in total. The molecule has 60 valence electrons. The van der Waals surface area contributed by atoms with Gasteiger partial charge in [-0.1, -0.05) is 31.9 Å². The Hall–Kier alpha value is -0.260. The SMILES string of the molecule is CC/C(C)=C(/C)CC(C)C. The predicted molar refractivity (Wildman–Crippen MR) is 48.1 cm³/mol. The second kappa shape index (κ2) is 4.54. The molecule has 0 heteroatoms. The molecular formula is C10H20. The fourth-order valence-electron chi connectivity index (χ4n) is 1.09. The van der Waals surface area contributed by atoms with Gasteiger partial charge >= 0.3 is 0 Å². The van der Waals surface area contributed by atoms with Crippen LogP contribution >= 0.6 is 0 Å². The highest BCUT2D eigenvalue weighted by atomic mass is 14.0. The first kappa shape index (κ1) is 9.74. The van der Waals surface area contributed by atoms with Crippen molar-refractivity contribution in [3.63, 3.8) is 0 Å². The lowest BCUT2D eigenvalue weighted by molar-refractivity contribution is 0.636. The molecule has 0 saturated carbocycles. The second-order valence-corrected chi connectivity index (χ2v) is 3.51. The van der Waals surface area contributed by atoms with Crippen molar-refractivity contribution >= 4 is 0 Å². The summed E-state index contributed by atoms with van der Waals surface area (Å²) >= 11 is 0. The van der Waals surface area contributed by atoms with Crippen LogP contribution in [0.15, 0.2) is 11.1 Å². The average Bonchev–Trinajstić information content (AvgIpc) is 1.85. The number of hydrogen-bond donors (Lipinski definition) is 0. The van der Waals surface area contributed by atoms with Gasteiger partial charge in [0, 0.05) is 0 Å². The smallest absolute Gasteiger partial charge is 0.0297 e. The van der Waals surface area contributed by atoms with Crippen molar-refractivity contribution in [3.8, 4) is 0 Å². The first-order chi connectivity index (χ1) is 4.57. The first-order valence-corrected chi connectivity index (χ1v) is 4.23. The Morgan fingerprint density at radius 3 is 1.90 bits per heavy atom. The highest BCUT2D eigenvalue weighted by Crippen LogP contribution is 2.15. The zero-order valence-corrected chi connectivity index (χ0v) is 7.99. The van der Waals surface area contributed by atoms with Crippen molar-refractivity contribution in [2.45, 2.75) is 47.5 Å². The summed E-state index contributed by atoms with van der Waals surface area (Å²) in [6, 6.07) is 0. The van der Waals surface area contributed by atoms with Crippen molar-refractivity contribution < 1.29 is 0 Å². The molecule has 0 aliphatic rings. The van der Waals surface area contributed by atoms with Crippen molar-refractivity contribution in [3.05, 3.63) is 11.1 Å². The highest BCUT2D eigenvalue weighted by Gasteiger charge is 1.97. The van der Waals surface area contributed by atoms with E-state index in [0.29, 0.717) is 0 Å². The van der Waals surface area contributed by atoms with Crippen LogP contribution in [0.25, 0.3) is 0 Å². The van der Waals surface area contributed by atoms with Crippen LogP contribution in [0.2, 0.25) is 0 Å². The molecule has 0 aromatic carbocycles. The summed E-state index contributed by atoms with van der Waals surface area (Å²) in [6.45, 7) is 11.2. The van der Waals surface area contributed by atoms with E-state index in [2.05, 4.69) is 34.6 Å². The van der Waals surface area contributed by atoms with Gasteiger partial charge in [-0.15, -0.1) is 0 Å². The fraction of sp³-hybridized carbons (Fsp3) is 0.800. The summed E-state index contributed by atoms with van der Waals surface area (Å²) in [5.74, 6) is 0.807. The lowest BCUT2D eigenvalue weighted by atomic mass is 9.99. The minimum absolute atomic E-state index is 0.807. The van der Waals surface area contributed by atoms with Crippen LogP contribution in [0.5, 0.6) is 0 Å². The molecule has 0 radical (unpaired) electrons. The predicted octanol–water partition coefficient (Wildman–Crippen LogP) is 3.78. The van der Waals surface area contributed by atoms with Gasteiger partial charge in [0.2, 0.25) is 0 Å². The van der Waals surface area contributed by atoms with Gasteiger partial charge in [-0.2, -0.15) is 0 Å². The summed E-state index contributed by atoms with van der Waals surface area (Å²) < 4.78 is 0. The third-order valence-electron chi connectivity index (χ3n) is 1.97. The van der Waals surface area contributed by atoms with Gasteiger partial charge in [-0.25, -0.2) is 0 Å². The summed E-state index contributed by atoms with van der Waals surface area (Å²) in [5.41, 5.74) is 3.14. The zero-order chi connectivity index (χ0) is 8.15. The number of hydrogen-bond acceptors (Lipinski definition) is 0. The van der Waals surface area contributed by atoms with Gasteiger partial charge in [0.15, 0.2) is 0 Å². The summed E-state index contributed by atoms with van der Waals surface area (Å²) in [4.78, 5) is 0. The van der Waals surface area contributed by atoms with Gasteiger partial charge in [0.05, 0.1) is 0 Å². The zero-order valence-electron chi connectivity index (χ0n) is 7.99. The molecule has 0 spiro atoms. The highest BCUT2D eigenvalue weighted by molar-refractivity contribution is 5.08. The van der Waals surface area contributed by atoms with Crippen LogP contribution < -0.4 is 0 Å². The molecule has 0 aliphatic carbocycles.